The maximum atomic E-state index is 5.71. The molecule has 0 aliphatic carbocycles. The maximum Gasteiger partial charge on any atom is 0.151 e. The average Bonchev–Trinajstić information content (AvgIpc) is 2.19. The van der Waals surface area contributed by atoms with Crippen molar-refractivity contribution in [1.82, 2.24) is 15.1 Å². The molecule has 0 unspecified atom stereocenters. The van der Waals surface area contributed by atoms with Gasteiger partial charge in [0.15, 0.2) is 5.15 Å². The lowest BCUT2D eigenvalue weighted by Crippen LogP contribution is -2.33. The van der Waals surface area contributed by atoms with E-state index >= 15 is 0 Å². The van der Waals surface area contributed by atoms with Crippen LogP contribution in [0.1, 0.15) is 33.4 Å². The Hall–Kier alpha value is -0.670. The van der Waals surface area contributed by atoms with E-state index in [2.05, 4.69) is 42.8 Å². The van der Waals surface area contributed by atoms with Gasteiger partial charge in [-0.2, -0.15) is 5.10 Å². The predicted molar refractivity (Wildman–Crippen MR) is 67.4 cm³/mol. The Morgan fingerprint density at radius 1 is 1.19 bits per heavy atom. The van der Waals surface area contributed by atoms with Gasteiger partial charge in [-0.1, -0.05) is 25.4 Å². The third-order valence-corrected chi connectivity index (χ3v) is 2.58. The Balaban J connectivity index is 2.64. The molecule has 0 N–H and O–H groups in total. The summed E-state index contributed by atoms with van der Waals surface area (Å²) in [6.45, 7) is 10.8. The Morgan fingerprint density at radius 3 is 2.31 bits per heavy atom. The number of hydrogen-bond donors (Lipinski definition) is 0. The standard InChI is InChI=1S/C12H20ClN3/c1-9(2)7-16(10(3)4)8-11-5-6-12(13)15-14-11/h5-6,9-10H,7-8H2,1-4H3. The molecule has 0 spiro atoms. The molecule has 0 saturated carbocycles. The lowest BCUT2D eigenvalue weighted by molar-refractivity contribution is 0.186. The molecule has 0 saturated heterocycles. The van der Waals surface area contributed by atoms with Gasteiger partial charge in [-0.25, -0.2) is 0 Å². The summed E-state index contributed by atoms with van der Waals surface area (Å²) < 4.78 is 0. The van der Waals surface area contributed by atoms with Crippen molar-refractivity contribution in [1.29, 1.82) is 0 Å². The molecule has 16 heavy (non-hydrogen) atoms. The van der Waals surface area contributed by atoms with Gasteiger partial charge >= 0.3 is 0 Å². The van der Waals surface area contributed by atoms with Crippen LogP contribution in [0.15, 0.2) is 12.1 Å². The lowest BCUT2D eigenvalue weighted by atomic mass is 10.1. The fourth-order valence-electron chi connectivity index (χ4n) is 1.56. The molecule has 4 heteroatoms. The topological polar surface area (TPSA) is 29.0 Å². The van der Waals surface area contributed by atoms with Gasteiger partial charge in [-0.05, 0) is 31.9 Å². The number of halogens is 1. The van der Waals surface area contributed by atoms with Gasteiger partial charge in [0.1, 0.15) is 0 Å². The van der Waals surface area contributed by atoms with Crippen molar-refractivity contribution in [2.75, 3.05) is 6.54 Å². The van der Waals surface area contributed by atoms with Crippen LogP contribution in [0, 0.1) is 5.92 Å². The summed E-state index contributed by atoms with van der Waals surface area (Å²) in [5, 5.41) is 8.39. The summed E-state index contributed by atoms with van der Waals surface area (Å²) in [7, 11) is 0. The van der Waals surface area contributed by atoms with E-state index in [0.29, 0.717) is 17.1 Å². The molecule has 90 valence electrons. The van der Waals surface area contributed by atoms with Crippen molar-refractivity contribution in [3.8, 4) is 0 Å². The van der Waals surface area contributed by atoms with Crippen molar-refractivity contribution in [2.45, 2.75) is 40.3 Å². The molecular formula is C12H20ClN3. The Bertz CT molecular complexity index is 309. The summed E-state index contributed by atoms with van der Waals surface area (Å²) in [6.07, 6.45) is 0. The molecule has 0 fully saturated rings. The van der Waals surface area contributed by atoms with Gasteiger partial charge in [0, 0.05) is 19.1 Å². The van der Waals surface area contributed by atoms with Crippen molar-refractivity contribution in [2.24, 2.45) is 5.92 Å². The van der Waals surface area contributed by atoms with Crippen molar-refractivity contribution >= 4 is 11.6 Å². The van der Waals surface area contributed by atoms with Gasteiger partial charge in [0.25, 0.3) is 0 Å². The molecule has 0 aliphatic rings. The second-order valence-electron chi connectivity index (χ2n) is 4.76. The SMILES string of the molecule is CC(C)CN(Cc1ccc(Cl)nn1)C(C)C. The van der Waals surface area contributed by atoms with E-state index in [0.717, 1.165) is 18.8 Å². The van der Waals surface area contributed by atoms with Crippen molar-refractivity contribution in [3.05, 3.63) is 23.0 Å². The van der Waals surface area contributed by atoms with Crippen LogP contribution in [0.5, 0.6) is 0 Å². The zero-order valence-corrected chi connectivity index (χ0v) is 11.2. The minimum atomic E-state index is 0.448. The molecule has 0 aromatic carbocycles. The Labute approximate surface area is 103 Å². The lowest BCUT2D eigenvalue weighted by Gasteiger charge is -2.27. The normalized spacial score (nSPS) is 11.8. The van der Waals surface area contributed by atoms with Crippen LogP contribution in [0.3, 0.4) is 0 Å². The van der Waals surface area contributed by atoms with E-state index in [1.54, 1.807) is 6.07 Å². The fourth-order valence-corrected chi connectivity index (χ4v) is 1.66. The number of hydrogen-bond acceptors (Lipinski definition) is 3. The Kier molecular flexibility index (Phi) is 5.16. The molecule has 0 aliphatic heterocycles. The van der Waals surface area contributed by atoms with E-state index in [9.17, 15) is 0 Å². The second-order valence-corrected chi connectivity index (χ2v) is 5.15. The smallest absolute Gasteiger partial charge is 0.151 e. The molecule has 1 rings (SSSR count). The first-order valence-corrected chi connectivity index (χ1v) is 6.09. The molecule has 1 aromatic heterocycles. The van der Waals surface area contributed by atoms with Gasteiger partial charge in [-0.3, -0.25) is 4.90 Å². The summed E-state index contributed by atoms with van der Waals surface area (Å²) in [5.74, 6) is 0.655. The predicted octanol–water partition coefficient (Wildman–Crippen LogP) is 3.00. The van der Waals surface area contributed by atoms with Crippen LogP contribution < -0.4 is 0 Å². The Morgan fingerprint density at radius 2 is 1.88 bits per heavy atom. The van der Waals surface area contributed by atoms with E-state index in [-0.39, 0.29) is 0 Å². The highest BCUT2D eigenvalue weighted by Gasteiger charge is 2.12. The van der Waals surface area contributed by atoms with Crippen LogP contribution in [0.25, 0.3) is 0 Å². The van der Waals surface area contributed by atoms with E-state index in [1.165, 1.54) is 0 Å². The van der Waals surface area contributed by atoms with Crippen molar-refractivity contribution in [3.63, 3.8) is 0 Å². The van der Waals surface area contributed by atoms with Crippen LogP contribution in [-0.2, 0) is 6.54 Å². The summed E-state index contributed by atoms with van der Waals surface area (Å²) >= 11 is 5.71. The minimum Gasteiger partial charge on any atom is -0.295 e. The van der Waals surface area contributed by atoms with Crippen LogP contribution in [0.2, 0.25) is 5.15 Å². The van der Waals surface area contributed by atoms with Gasteiger partial charge in [-0.15, -0.1) is 5.10 Å². The highest BCUT2D eigenvalue weighted by atomic mass is 35.5. The zero-order valence-electron chi connectivity index (χ0n) is 10.4. The van der Waals surface area contributed by atoms with Gasteiger partial charge in [0.05, 0.1) is 5.69 Å². The molecule has 0 atom stereocenters. The molecular weight excluding hydrogens is 222 g/mol. The third-order valence-electron chi connectivity index (χ3n) is 2.38. The molecule has 3 nitrogen and oxygen atoms in total. The second kappa shape index (κ2) is 6.16. The van der Waals surface area contributed by atoms with Gasteiger partial charge in [0.2, 0.25) is 0 Å². The zero-order chi connectivity index (χ0) is 12.1. The highest BCUT2D eigenvalue weighted by Crippen LogP contribution is 2.10. The summed E-state index contributed by atoms with van der Waals surface area (Å²) in [4.78, 5) is 2.39. The van der Waals surface area contributed by atoms with Crippen LogP contribution >= 0.6 is 11.6 Å². The first-order chi connectivity index (χ1) is 7.49. The first-order valence-electron chi connectivity index (χ1n) is 5.71. The number of nitrogens with zero attached hydrogens (tertiary/aromatic N) is 3. The van der Waals surface area contributed by atoms with Crippen LogP contribution in [-0.4, -0.2) is 27.7 Å². The van der Waals surface area contributed by atoms with Gasteiger partial charge < -0.3 is 0 Å². The average molecular weight is 242 g/mol. The molecule has 0 amide bonds. The number of aromatic nitrogens is 2. The molecule has 1 aromatic rings. The van der Waals surface area contributed by atoms with E-state index in [4.69, 9.17) is 11.6 Å². The van der Waals surface area contributed by atoms with E-state index < -0.39 is 0 Å². The molecule has 0 bridgehead atoms. The highest BCUT2D eigenvalue weighted by molar-refractivity contribution is 6.29. The first kappa shape index (κ1) is 13.4. The quantitative estimate of drug-likeness (QED) is 0.794. The summed E-state index contributed by atoms with van der Waals surface area (Å²) in [5.41, 5.74) is 0.971. The third kappa shape index (κ3) is 4.45. The number of rotatable bonds is 5. The van der Waals surface area contributed by atoms with Crippen LogP contribution in [0.4, 0.5) is 0 Å². The minimum absolute atomic E-state index is 0.448. The summed E-state index contributed by atoms with van der Waals surface area (Å²) in [6, 6.07) is 4.24. The molecule has 1 heterocycles. The largest absolute Gasteiger partial charge is 0.295 e. The monoisotopic (exact) mass is 241 g/mol. The molecule has 0 radical (unpaired) electrons. The van der Waals surface area contributed by atoms with Crippen molar-refractivity contribution < 1.29 is 0 Å². The fraction of sp³-hybridized carbons (Fsp3) is 0.667. The van der Waals surface area contributed by atoms with E-state index in [1.807, 2.05) is 6.07 Å². The maximum absolute atomic E-state index is 5.71.